The van der Waals surface area contributed by atoms with E-state index >= 15 is 4.39 Å². The van der Waals surface area contributed by atoms with E-state index in [1.807, 2.05) is 0 Å². The first-order valence-corrected chi connectivity index (χ1v) is 10.9. The molecular weight excluding hydrogens is 410 g/mol. The molecule has 150 valence electrons. The van der Waals surface area contributed by atoms with E-state index < -0.39 is 44.2 Å². The van der Waals surface area contributed by atoms with Gasteiger partial charge in [-0.1, -0.05) is 18.5 Å². The van der Waals surface area contributed by atoms with Crippen LogP contribution in [0.4, 0.5) is 8.78 Å². The molecule has 0 bridgehead atoms. The van der Waals surface area contributed by atoms with E-state index in [1.54, 1.807) is 6.92 Å². The van der Waals surface area contributed by atoms with Crippen LogP contribution in [0, 0.1) is 23.5 Å². The lowest BCUT2D eigenvalue weighted by molar-refractivity contribution is -0.0118. The van der Waals surface area contributed by atoms with Crippen molar-refractivity contribution in [2.45, 2.75) is 35.5 Å². The molecule has 4 atom stereocenters. The first-order chi connectivity index (χ1) is 13.2. The Morgan fingerprint density at radius 2 is 1.79 bits per heavy atom. The topological polar surface area (TPSA) is 63.6 Å². The second-order valence-electron chi connectivity index (χ2n) is 7.46. The van der Waals surface area contributed by atoms with Crippen molar-refractivity contribution in [3.63, 3.8) is 0 Å². The molecule has 1 saturated carbocycles. The monoisotopic (exact) mass is 428 g/mol. The molecule has 4 nitrogen and oxygen atoms in total. The molecule has 0 amide bonds. The molecule has 1 heterocycles. The number of hydrogen-bond donors (Lipinski definition) is 1. The van der Waals surface area contributed by atoms with E-state index in [2.05, 4.69) is 0 Å². The van der Waals surface area contributed by atoms with Gasteiger partial charge in [-0.15, -0.1) is 0 Å². The van der Waals surface area contributed by atoms with Gasteiger partial charge in [0.15, 0.2) is 21.4 Å². The Morgan fingerprint density at radius 3 is 2.46 bits per heavy atom. The lowest BCUT2D eigenvalue weighted by Gasteiger charge is -2.51. The third-order valence-electron chi connectivity index (χ3n) is 6.14. The molecule has 2 aliphatic rings. The third-order valence-corrected chi connectivity index (χ3v) is 8.96. The number of aliphatic hydroxyl groups is 1. The van der Waals surface area contributed by atoms with Crippen molar-refractivity contribution in [2.24, 2.45) is 11.8 Å². The summed E-state index contributed by atoms with van der Waals surface area (Å²) in [5.74, 6) is -3.22. The minimum atomic E-state index is -4.17. The maximum Gasteiger partial charge on any atom is 0.188 e. The lowest BCUT2D eigenvalue weighted by atomic mass is 9.67. The summed E-state index contributed by atoms with van der Waals surface area (Å²) in [5, 5.41) is 10.7. The number of aliphatic hydroxyl groups excluding tert-OH is 1. The van der Waals surface area contributed by atoms with Gasteiger partial charge in [-0.2, -0.15) is 0 Å². The highest BCUT2D eigenvalue weighted by molar-refractivity contribution is 7.92. The number of hydrogen-bond acceptors (Lipinski definition) is 4. The van der Waals surface area contributed by atoms with Gasteiger partial charge in [-0.3, -0.25) is 0 Å². The number of halogens is 3. The Bertz CT molecular complexity index is 1030. The Morgan fingerprint density at radius 1 is 1.14 bits per heavy atom. The second-order valence-corrected chi connectivity index (χ2v) is 10.1. The number of benzene rings is 2. The van der Waals surface area contributed by atoms with Crippen molar-refractivity contribution in [1.29, 1.82) is 0 Å². The Hall–Kier alpha value is -1.70. The van der Waals surface area contributed by atoms with Gasteiger partial charge in [0, 0.05) is 10.9 Å². The van der Waals surface area contributed by atoms with Gasteiger partial charge in [-0.25, -0.2) is 17.2 Å². The van der Waals surface area contributed by atoms with Crippen molar-refractivity contribution in [2.75, 3.05) is 6.61 Å². The largest absolute Gasteiger partial charge is 0.490 e. The van der Waals surface area contributed by atoms with Gasteiger partial charge in [-0.05, 0) is 55.2 Å². The molecule has 1 fully saturated rings. The zero-order valence-electron chi connectivity index (χ0n) is 15.0. The fourth-order valence-electron chi connectivity index (χ4n) is 4.63. The maximum absolute atomic E-state index is 15.0. The van der Waals surface area contributed by atoms with Gasteiger partial charge in [0.1, 0.15) is 10.6 Å². The van der Waals surface area contributed by atoms with Crippen LogP contribution < -0.4 is 4.74 Å². The normalized spacial score (nSPS) is 29.5. The van der Waals surface area contributed by atoms with Gasteiger partial charge in [0.25, 0.3) is 0 Å². The zero-order valence-corrected chi connectivity index (χ0v) is 16.6. The Kier molecular flexibility index (Phi) is 4.68. The summed E-state index contributed by atoms with van der Waals surface area (Å²) in [5.41, 5.74) is -0.280. The molecule has 2 aromatic carbocycles. The molecule has 4 rings (SSSR count). The quantitative estimate of drug-likeness (QED) is 0.782. The van der Waals surface area contributed by atoms with Crippen LogP contribution in [0.25, 0.3) is 0 Å². The molecule has 0 unspecified atom stereocenters. The highest BCUT2D eigenvalue weighted by atomic mass is 35.5. The molecule has 0 saturated heterocycles. The molecule has 2 aromatic rings. The van der Waals surface area contributed by atoms with Crippen LogP contribution >= 0.6 is 11.6 Å². The summed E-state index contributed by atoms with van der Waals surface area (Å²) in [6.45, 7) is 1.59. The van der Waals surface area contributed by atoms with Crippen molar-refractivity contribution in [3.8, 4) is 5.75 Å². The van der Waals surface area contributed by atoms with Gasteiger partial charge < -0.3 is 9.84 Å². The van der Waals surface area contributed by atoms with Crippen LogP contribution in [0.2, 0.25) is 5.02 Å². The first kappa shape index (κ1) is 19.6. The number of sulfone groups is 1. The minimum Gasteiger partial charge on any atom is -0.490 e. The van der Waals surface area contributed by atoms with Crippen LogP contribution in [-0.4, -0.2) is 26.2 Å². The Balaban J connectivity index is 2.04. The number of ether oxygens (including phenoxy) is 1. The van der Waals surface area contributed by atoms with E-state index in [1.165, 1.54) is 24.3 Å². The second kappa shape index (κ2) is 6.68. The summed E-state index contributed by atoms with van der Waals surface area (Å²) in [7, 11) is -4.17. The summed E-state index contributed by atoms with van der Waals surface area (Å²) >= 11 is 5.90. The molecule has 8 heteroatoms. The molecule has 0 aromatic heterocycles. The molecule has 1 aliphatic carbocycles. The standard InChI is InChI=1S/C20H19ClF2O4S/c1-11-14-10-27-19-16(23)7-6-15(22)18(19)20(14,9-8-17(11)24)28(25,26)13-4-2-12(21)3-5-13/h2-7,11,14,17,24H,8-10H2,1H3/t11-,14-,17-,20-/m0/s1. The van der Waals surface area contributed by atoms with Crippen LogP contribution in [0.5, 0.6) is 5.75 Å². The number of fused-ring (bicyclic) bond motifs is 3. The summed E-state index contributed by atoms with van der Waals surface area (Å²) in [4.78, 5) is -0.0259. The highest BCUT2D eigenvalue weighted by Crippen LogP contribution is 2.57. The van der Waals surface area contributed by atoms with Crippen molar-refractivity contribution >= 4 is 21.4 Å². The molecule has 28 heavy (non-hydrogen) atoms. The van der Waals surface area contributed by atoms with Gasteiger partial charge >= 0.3 is 0 Å². The fraction of sp³-hybridized carbons (Fsp3) is 0.400. The molecular formula is C20H19ClF2O4S. The predicted molar refractivity (Wildman–Crippen MR) is 100 cm³/mol. The average Bonchev–Trinajstić information content (AvgIpc) is 2.67. The van der Waals surface area contributed by atoms with Crippen LogP contribution in [-0.2, 0) is 14.6 Å². The highest BCUT2D eigenvalue weighted by Gasteiger charge is 2.61. The molecule has 0 radical (unpaired) electrons. The van der Waals surface area contributed by atoms with Crippen LogP contribution in [0.1, 0.15) is 25.3 Å². The summed E-state index contributed by atoms with van der Waals surface area (Å²) in [6.07, 6.45) is -0.634. The smallest absolute Gasteiger partial charge is 0.188 e. The van der Waals surface area contributed by atoms with E-state index in [0.29, 0.717) is 5.02 Å². The lowest BCUT2D eigenvalue weighted by Crippen LogP contribution is -2.56. The maximum atomic E-state index is 15.0. The molecule has 0 spiro atoms. The zero-order chi connectivity index (χ0) is 20.3. The predicted octanol–water partition coefficient (Wildman–Crippen LogP) is 4.09. The fourth-order valence-corrected chi connectivity index (χ4v) is 7.20. The molecule has 1 aliphatic heterocycles. The van der Waals surface area contributed by atoms with E-state index in [9.17, 15) is 17.9 Å². The van der Waals surface area contributed by atoms with Gasteiger partial charge in [0.05, 0.1) is 23.2 Å². The van der Waals surface area contributed by atoms with Crippen molar-refractivity contribution in [3.05, 3.63) is 58.6 Å². The third kappa shape index (κ3) is 2.60. The SMILES string of the molecule is C[C@@H]1[C@@H](O)CC[C@@]2(S(=O)(=O)c3ccc(Cl)cc3)c3c(F)ccc(F)c3OC[C@@H]12. The van der Waals surface area contributed by atoms with E-state index in [4.69, 9.17) is 16.3 Å². The Labute approximate surface area is 167 Å². The summed E-state index contributed by atoms with van der Waals surface area (Å²) in [6, 6.07) is 7.48. The van der Waals surface area contributed by atoms with Crippen LogP contribution in [0.3, 0.4) is 0 Å². The van der Waals surface area contributed by atoms with Crippen molar-refractivity contribution < 1.29 is 27.0 Å². The van der Waals surface area contributed by atoms with E-state index in [0.717, 1.165) is 12.1 Å². The van der Waals surface area contributed by atoms with E-state index in [-0.39, 0.29) is 35.7 Å². The minimum absolute atomic E-state index is 0.0259. The van der Waals surface area contributed by atoms with Gasteiger partial charge in [0.2, 0.25) is 0 Å². The summed E-state index contributed by atoms with van der Waals surface area (Å²) < 4.78 is 60.9. The first-order valence-electron chi connectivity index (χ1n) is 8.99. The number of rotatable bonds is 2. The average molecular weight is 429 g/mol. The van der Waals surface area contributed by atoms with Crippen molar-refractivity contribution in [1.82, 2.24) is 0 Å². The molecule has 1 N–H and O–H groups in total. The van der Waals surface area contributed by atoms with Crippen LogP contribution in [0.15, 0.2) is 41.3 Å².